The molecule has 0 unspecified atom stereocenters. The first-order valence-corrected chi connectivity index (χ1v) is 11.9. The molecule has 32 heavy (non-hydrogen) atoms. The van der Waals surface area contributed by atoms with E-state index < -0.39 is 16.1 Å². The molecule has 7 nitrogen and oxygen atoms in total. The van der Waals surface area contributed by atoms with Crippen molar-refractivity contribution < 1.29 is 32.8 Å². The Morgan fingerprint density at radius 1 is 0.875 bits per heavy atom. The van der Waals surface area contributed by atoms with E-state index in [1.54, 1.807) is 6.07 Å². The number of ether oxygens (including phenoxy) is 3. The number of hydrogen-bond donors (Lipinski definition) is 2. The minimum Gasteiger partial charge on any atom is -0.488 e. The van der Waals surface area contributed by atoms with Crippen LogP contribution in [0, 0.1) is 0 Å². The van der Waals surface area contributed by atoms with Gasteiger partial charge in [-0.1, -0.05) is 30.3 Å². The van der Waals surface area contributed by atoms with Crippen molar-refractivity contribution in [3.8, 4) is 17.2 Å². The molecule has 0 saturated carbocycles. The van der Waals surface area contributed by atoms with E-state index in [1.165, 1.54) is 36.4 Å². The normalized spacial score (nSPS) is 12.5. The lowest BCUT2D eigenvalue weighted by molar-refractivity contribution is -0.0428. The van der Waals surface area contributed by atoms with Gasteiger partial charge in [0.25, 0.3) is 0 Å². The number of hydrogen-bond acceptors (Lipinski definition) is 7. The maximum absolute atomic E-state index is 11.6. The van der Waals surface area contributed by atoms with Gasteiger partial charge in [-0.15, -0.1) is 0 Å². The van der Waals surface area contributed by atoms with E-state index in [9.17, 15) is 18.6 Å². The van der Waals surface area contributed by atoms with Crippen molar-refractivity contribution in [3.63, 3.8) is 0 Å². The zero-order valence-corrected chi connectivity index (χ0v) is 18.7. The number of sulfone groups is 1. The van der Waals surface area contributed by atoms with E-state index in [0.717, 1.165) is 11.8 Å². The number of aliphatic hydroxyl groups is 2. The highest BCUT2D eigenvalue weighted by Crippen LogP contribution is 2.30. The summed E-state index contributed by atoms with van der Waals surface area (Å²) in [7, 11) is -3.31. The molecule has 0 bridgehead atoms. The van der Waals surface area contributed by atoms with Crippen molar-refractivity contribution >= 4 is 9.84 Å². The van der Waals surface area contributed by atoms with Gasteiger partial charge in [-0.2, -0.15) is 0 Å². The Labute approximate surface area is 187 Å². The van der Waals surface area contributed by atoms with Crippen molar-refractivity contribution in [3.05, 3.63) is 83.9 Å². The van der Waals surface area contributed by atoms with E-state index in [0.29, 0.717) is 30.5 Å². The van der Waals surface area contributed by atoms with Gasteiger partial charge in [0.1, 0.15) is 23.4 Å². The summed E-state index contributed by atoms with van der Waals surface area (Å²) >= 11 is 0. The molecule has 0 aliphatic carbocycles. The molecule has 0 amide bonds. The number of aliphatic hydroxyl groups excluding tert-OH is 1. The first-order valence-electron chi connectivity index (χ1n) is 9.98. The Balaban J connectivity index is 1.67. The number of benzene rings is 3. The molecule has 170 valence electrons. The highest BCUT2D eigenvalue weighted by atomic mass is 32.2. The highest BCUT2D eigenvalue weighted by Gasteiger charge is 2.13. The molecule has 3 aromatic rings. The third-order valence-electron chi connectivity index (χ3n) is 4.49. The Morgan fingerprint density at radius 2 is 1.53 bits per heavy atom. The molecular weight excluding hydrogens is 432 g/mol. The van der Waals surface area contributed by atoms with Crippen molar-refractivity contribution in [1.82, 2.24) is 0 Å². The zero-order chi connectivity index (χ0) is 23.1. The molecule has 0 aliphatic heterocycles. The van der Waals surface area contributed by atoms with Gasteiger partial charge < -0.3 is 24.4 Å². The Bertz CT molecular complexity index is 1110. The van der Waals surface area contributed by atoms with Crippen LogP contribution in [0.4, 0.5) is 0 Å². The predicted molar refractivity (Wildman–Crippen MR) is 119 cm³/mol. The van der Waals surface area contributed by atoms with Gasteiger partial charge >= 0.3 is 0 Å². The summed E-state index contributed by atoms with van der Waals surface area (Å²) in [5.74, 6) is 1.09. The molecule has 0 spiro atoms. The summed E-state index contributed by atoms with van der Waals surface area (Å²) in [6, 6.07) is 20.3. The summed E-state index contributed by atoms with van der Waals surface area (Å²) in [4.78, 5) is 0.178. The third kappa shape index (κ3) is 7.06. The van der Waals surface area contributed by atoms with E-state index in [2.05, 4.69) is 0 Å². The maximum Gasteiger partial charge on any atom is 0.178 e. The summed E-state index contributed by atoms with van der Waals surface area (Å²) < 4.78 is 40.5. The van der Waals surface area contributed by atoms with Crippen LogP contribution in [-0.4, -0.2) is 37.6 Å². The van der Waals surface area contributed by atoms with Crippen LogP contribution in [0.1, 0.15) is 24.3 Å². The van der Waals surface area contributed by atoms with E-state index in [4.69, 9.17) is 14.2 Å². The maximum atomic E-state index is 11.6. The second-order valence-corrected chi connectivity index (χ2v) is 9.40. The van der Waals surface area contributed by atoms with E-state index >= 15 is 0 Å². The summed E-state index contributed by atoms with van der Waals surface area (Å²) in [6.07, 6.45) is -0.881. The van der Waals surface area contributed by atoms with Crippen LogP contribution in [0.2, 0.25) is 0 Å². The molecule has 0 radical (unpaired) electrons. The first kappa shape index (κ1) is 23.7. The lowest BCUT2D eigenvalue weighted by Gasteiger charge is -2.17. The molecule has 1 atom stereocenters. The lowest BCUT2D eigenvalue weighted by Crippen LogP contribution is -2.19. The fraction of sp³-hybridized carbons (Fsp3) is 0.250. The van der Waals surface area contributed by atoms with Crippen LogP contribution in [-0.2, 0) is 21.2 Å². The van der Waals surface area contributed by atoms with Crippen molar-refractivity contribution in [2.45, 2.75) is 30.8 Å². The quantitative estimate of drug-likeness (QED) is 0.445. The Morgan fingerprint density at radius 3 is 2.16 bits per heavy atom. The van der Waals surface area contributed by atoms with E-state index in [-0.39, 0.29) is 16.6 Å². The smallest absolute Gasteiger partial charge is 0.178 e. The molecule has 0 fully saturated rings. The third-order valence-corrected chi connectivity index (χ3v) is 5.62. The van der Waals surface area contributed by atoms with Crippen LogP contribution < -0.4 is 9.47 Å². The van der Waals surface area contributed by atoms with Gasteiger partial charge in [0.05, 0.1) is 18.1 Å². The van der Waals surface area contributed by atoms with Gasteiger partial charge in [-0.3, -0.25) is 0 Å². The van der Waals surface area contributed by atoms with Crippen molar-refractivity contribution in [1.29, 1.82) is 0 Å². The Kier molecular flexibility index (Phi) is 7.87. The molecule has 0 aliphatic rings. The van der Waals surface area contributed by atoms with Crippen molar-refractivity contribution in [2.75, 3.05) is 12.9 Å². The fourth-order valence-corrected chi connectivity index (χ4v) is 3.57. The fourth-order valence-electron chi connectivity index (χ4n) is 2.94. The first-order chi connectivity index (χ1) is 15.2. The molecule has 3 rings (SSSR count). The molecule has 2 N–H and O–H groups in total. The zero-order valence-electron chi connectivity index (χ0n) is 17.8. The minimum absolute atomic E-state index is 0.178. The predicted octanol–water partition coefficient (Wildman–Crippen LogP) is 3.85. The Hall–Kier alpha value is -2.91. The molecule has 0 aromatic heterocycles. The van der Waals surface area contributed by atoms with Crippen LogP contribution in [0.15, 0.2) is 77.7 Å². The summed E-state index contributed by atoms with van der Waals surface area (Å²) in [6.45, 7) is 2.64. The standard InChI is InChI=1S/C24H26O7S/c1-17(15-29-16-18-6-4-3-5-7-18)30-21-12-19(24(25)26)13-22(14-21)31-20-8-10-23(11-9-20)32(2,27)28/h3-14,17,24-26H,15-16H2,1-2H3/t17-/m0/s1. The van der Waals surface area contributed by atoms with E-state index in [1.807, 2.05) is 37.3 Å². The summed E-state index contributed by atoms with van der Waals surface area (Å²) in [5, 5.41) is 19.2. The molecule has 0 heterocycles. The second kappa shape index (κ2) is 10.6. The number of rotatable bonds is 10. The highest BCUT2D eigenvalue weighted by molar-refractivity contribution is 7.90. The van der Waals surface area contributed by atoms with Crippen LogP contribution in [0.5, 0.6) is 17.2 Å². The monoisotopic (exact) mass is 458 g/mol. The molecule has 0 saturated heterocycles. The SMILES string of the molecule is C[C@@H](COCc1ccccc1)Oc1cc(Oc2ccc(S(C)(=O)=O)cc2)cc(C(O)O)c1. The van der Waals surface area contributed by atoms with Crippen molar-refractivity contribution in [2.24, 2.45) is 0 Å². The average molecular weight is 459 g/mol. The van der Waals surface area contributed by atoms with Crippen LogP contribution >= 0.6 is 0 Å². The van der Waals surface area contributed by atoms with Gasteiger partial charge in [-0.25, -0.2) is 8.42 Å². The largest absolute Gasteiger partial charge is 0.488 e. The van der Waals surface area contributed by atoms with Gasteiger partial charge in [0.2, 0.25) is 0 Å². The molecular formula is C24H26O7S. The van der Waals surface area contributed by atoms with Crippen LogP contribution in [0.25, 0.3) is 0 Å². The summed E-state index contributed by atoms with van der Waals surface area (Å²) in [5.41, 5.74) is 1.25. The second-order valence-electron chi connectivity index (χ2n) is 7.39. The molecule has 3 aromatic carbocycles. The van der Waals surface area contributed by atoms with Gasteiger partial charge in [0, 0.05) is 17.9 Å². The van der Waals surface area contributed by atoms with Crippen LogP contribution in [0.3, 0.4) is 0 Å². The minimum atomic E-state index is -3.31. The van der Waals surface area contributed by atoms with Gasteiger partial charge in [-0.05, 0) is 48.9 Å². The average Bonchev–Trinajstić information content (AvgIpc) is 2.74. The topological polar surface area (TPSA) is 102 Å². The van der Waals surface area contributed by atoms with Gasteiger partial charge in [0.15, 0.2) is 16.1 Å². The molecule has 8 heteroatoms. The lowest BCUT2D eigenvalue weighted by atomic mass is 10.2.